The quantitative estimate of drug-likeness (QED) is 0.343. The molecule has 3 aromatic rings. The number of anilines is 1. The van der Waals surface area contributed by atoms with Gasteiger partial charge >= 0.3 is 0 Å². The van der Waals surface area contributed by atoms with Crippen LogP contribution in [0.1, 0.15) is 10.4 Å². The molecule has 31 heavy (non-hydrogen) atoms. The van der Waals surface area contributed by atoms with Crippen LogP contribution in [0.25, 0.3) is 10.2 Å². The second-order valence-corrected chi connectivity index (χ2v) is 7.86. The Morgan fingerprint density at radius 2 is 2.10 bits per heavy atom. The van der Waals surface area contributed by atoms with Crippen molar-refractivity contribution in [3.63, 3.8) is 0 Å². The first-order valence-corrected chi connectivity index (χ1v) is 10.4. The van der Waals surface area contributed by atoms with Crippen molar-refractivity contribution in [3.05, 3.63) is 75.3 Å². The molecule has 0 bridgehead atoms. The van der Waals surface area contributed by atoms with Gasteiger partial charge in [0.25, 0.3) is 11.6 Å². The lowest BCUT2D eigenvalue weighted by Gasteiger charge is -2.28. The number of nitrogens with zero attached hydrogens (tertiary/aromatic N) is 4. The minimum Gasteiger partial charge on any atom is -0.378 e. The molecule has 0 atom stereocenters. The van der Waals surface area contributed by atoms with Gasteiger partial charge in [-0.1, -0.05) is 23.5 Å². The Kier molecular flexibility index (Phi) is 5.92. The van der Waals surface area contributed by atoms with E-state index in [-0.39, 0.29) is 17.8 Å². The molecule has 160 valence electrons. The highest BCUT2D eigenvalue weighted by molar-refractivity contribution is 7.16. The molecule has 0 aliphatic carbocycles. The number of rotatable bonds is 5. The van der Waals surface area contributed by atoms with E-state index in [0.717, 1.165) is 0 Å². The topological polar surface area (TPSA) is 90.0 Å². The molecule has 1 aliphatic rings. The Morgan fingerprint density at radius 1 is 1.32 bits per heavy atom. The van der Waals surface area contributed by atoms with Gasteiger partial charge in [0.1, 0.15) is 11.5 Å². The molecular weight excluding hydrogens is 423 g/mol. The number of hydrogen-bond donors (Lipinski definition) is 0. The lowest BCUT2D eigenvalue weighted by Crippen LogP contribution is -2.36. The van der Waals surface area contributed by atoms with E-state index in [4.69, 9.17) is 4.74 Å². The predicted molar refractivity (Wildman–Crippen MR) is 116 cm³/mol. The number of benzene rings is 2. The summed E-state index contributed by atoms with van der Waals surface area (Å²) < 4.78 is 21.8. The third-order valence-corrected chi connectivity index (χ3v) is 5.98. The van der Waals surface area contributed by atoms with Gasteiger partial charge in [0.05, 0.1) is 28.4 Å². The van der Waals surface area contributed by atoms with Gasteiger partial charge < -0.3 is 14.2 Å². The number of nitro groups is 1. The summed E-state index contributed by atoms with van der Waals surface area (Å²) in [5.41, 5.74) is 0.708. The molecule has 0 spiro atoms. The van der Waals surface area contributed by atoms with Crippen LogP contribution in [-0.2, 0) is 11.3 Å². The average Bonchev–Trinajstić information content (AvgIpc) is 3.12. The molecule has 1 aliphatic heterocycles. The van der Waals surface area contributed by atoms with Crippen LogP contribution >= 0.6 is 11.3 Å². The summed E-state index contributed by atoms with van der Waals surface area (Å²) in [6.07, 6.45) is 1.59. The number of carbonyl (C=O) groups excluding carboxylic acids is 1. The van der Waals surface area contributed by atoms with Crippen molar-refractivity contribution >= 4 is 38.8 Å². The van der Waals surface area contributed by atoms with E-state index in [9.17, 15) is 19.3 Å². The number of allylic oxidation sites excluding steroid dienone is 1. The Balaban J connectivity index is 1.76. The number of morpholine rings is 1. The highest BCUT2D eigenvalue weighted by Crippen LogP contribution is 2.30. The summed E-state index contributed by atoms with van der Waals surface area (Å²) in [4.78, 5) is 30.3. The van der Waals surface area contributed by atoms with Crippen LogP contribution in [0.15, 0.2) is 54.0 Å². The summed E-state index contributed by atoms with van der Waals surface area (Å²) in [6, 6.07) is 9.00. The SMILES string of the molecule is C=CCn1c(=NC(=O)c2ccc(N3CCOCC3)c([N+](=O)[O-])c2)sc2cccc(F)c21. The predicted octanol–water partition coefficient (Wildman–Crippen LogP) is 3.51. The maximum atomic E-state index is 14.3. The molecule has 0 radical (unpaired) electrons. The molecule has 2 aromatic carbocycles. The van der Waals surface area contributed by atoms with E-state index in [1.165, 1.54) is 29.5 Å². The Morgan fingerprint density at radius 3 is 2.81 bits per heavy atom. The lowest BCUT2D eigenvalue weighted by molar-refractivity contribution is -0.384. The number of amides is 1. The third-order valence-electron chi connectivity index (χ3n) is 4.93. The van der Waals surface area contributed by atoms with Gasteiger partial charge in [-0.05, 0) is 24.3 Å². The van der Waals surface area contributed by atoms with E-state index in [1.54, 1.807) is 28.8 Å². The van der Waals surface area contributed by atoms with E-state index in [0.29, 0.717) is 47.0 Å². The van der Waals surface area contributed by atoms with Crippen LogP contribution in [0.3, 0.4) is 0 Å². The Labute approximate surface area is 180 Å². The molecule has 2 heterocycles. The maximum Gasteiger partial charge on any atom is 0.293 e. The van der Waals surface area contributed by atoms with Crippen LogP contribution in [-0.4, -0.2) is 41.7 Å². The van der Waals surface area contributed by atoms with Gasteiger partial charge in [-0.3, -0.25) is 14.9 Å². The fraction of sp³-hybridized carbons (Fsp3) is 0.238. The fourth-order valence-electron chi connectivity index (χ4n) is 3.50. The van der Waals surface area contributed by atoms with Gasteiger partial charge in [0, 0.05) is 31.3 Å². The largest absolute Gasteiger partial charge is 0.378 e. The first-order chi connectivity index (χ1) is 15.0. The monoisotopic (exact) mass is 442 g/mol. The second-order valence-electron chi connectivity index (χ2n) is 6.85. The zero-order valence-electron chi connectivity index (χ0n) is 16.5. The van der Waals surface area contributed by atoms with Crippen LogP contribution in [0, 0.1) is 15.9 Å². The van der Waals surface area contributed by atoms with Crippen molar-refractivity contribution in [3.8, 4) is 0 Å². The van der Waals surface area contributed by atoms with Crippen LogP contribution in [0.4, 0.5) is 15.8 Å². The van der Waals surface area contributed by atoms with Crippen molar-refractivity contribution in [2.75, 3.05) is 31.2 Å². The molecule has 8 nitrogen and oxygen atoms in total. The molecule has 4 rings (SSSR count). The average molecular weight is 442 g/mol. The summed E-state index contributed by atoms with van der Waals surface area (Å²) in [6.45, 7) is 5.99. The van der Waals surface area contributed by atoms with Crippen molar-refractivity contribution < 1.29 is 18.8 Å². The number of para-hydroxylation sites is 1. The highest BCUT2D eigenvalue weighted by Gasteiger charge is 2.23. The fourth-order valence-corrected chi connectivity index (χ4v) is 4.55. The number of carbonyl (C=O) groups is 1. The zero-order valence-corrected chi connectivity index (χ0v) is 17.3. The number of ether oxygens (including phenoxy) is 1. The number of aromatic nitrogens is 1. The van der Waals surface area contributed by atoms with Crippen molar-refractivity contribution in [1.29, 1.82) is 0 Å². The summed E-state index contributed by atoms with van der Waals surface area (Å²) in [5, 5.41) is 11.6. The summed E-state index contributed by atoms with van der Waals surface area (Å²) >= 11 is 1.17. The number of fused-ring (bicyclic) bond motifs is 1. The summed E-state index contributed by atoms with van der Waals surface area (Å²) in [5.74, 6) is -1.06. The number of hydrogen-bond acceptors (Lipinski definition) is 6. The smallest absolute Gasteiger partial charge is 0.293 e. The molecule has 0 unspecified atom stereocenters. The third kappa shape index (κ3) is 4.12. The zero-order chi connectivity index (χ0) is 22.0. The van der Waals surface area contributed by atoms with Crippen molar-refractivity contribution in [2.45, 2.75) is 6.54 Å². The van der Waals surface area contributed by atoms with Gasteiger partial charge in [-0.25, -0.2) is 4.39 Å². The molecule has 1 amide bonds. The second kappa shape index (κ2) is 8.78. The van der Waals surface area contributed by atoms with Gasteiger partial charge in [0.15, 0.2) is 4.80 Å². The minimum absolute atomic E-state index is 0.0896. The van der Waals surface area contributed by atoms with Crippen LogP contribution in [0.5, 0.6) is 0 Å². The molecular formula is C21H19FN4O4S. The van der Waals surface area contributed by atoms with Crippen LogP contribution in [0.2, 0.25) is 0 Å². The lowest BCUT2D eigenvalue weighted by atomic mass is 10.1. The number of halogens is 1. The highest BCUT2D eigenvalue weighted by atomic mass is 32.1. The Hall–Kier alpha value is -3.37. The molecule has 1 fully saturated rings. The van der Waals surface area contributed by atoms with E-state index in [2.05, 4.69) is 11.6 Å². The van der Waals surface area contributed by atoms with Gasteiger partial charge in [-0.2, -0.15) is 4.99 Å². The van der Waals surface area contributed by atoms with Crippen molar-refractivity contribution in [1.82, 2.24) is 4.57 Å². The van der Waals surface area contributed by atoms with E-state index >= 15 is 0 Å². The maximum absolute atomic E-state index is 14.3. The molecule has 1 saturated heterocycles. The van der Waals surface area contributed by atoms with Gasteiger partial charge in [0.2, 0.25) is 0 Å². The molecule has 0 saturated carbocycles. The van der Waals surface area contributed by atoms with E-state index in [1.807, 2.05) is 4.90 Å². The van der Waals surface area contributed by atoms with Crippen molar-refractivity contribution in [2.24, 2.45) is 4.99 Å². The minimum atomic E-state index is -0.638. The first kappa shape index (κ1) is 20.9. The number of thiazole rings is 1. The number of nitro benzene ring substituents is 1. The Bertz CT molecular complexity index is 1240. The standard InChI is InChI=1S/C21H19FN4O4S/c1-2-8-25-19-15(22)4-3-5-18(19)31-21(25)23-20(27)14-6-7-16(17(13-14)26(28)29)24-9-11-30-12-10-24/h2-7,13H,1,8-12H2. The van der Waals surface area contributed by atoms with E-state index < -0.39 is 16.6 Å². The molecule has 0 N–H and O–H groups in total. The van der Waals surface area contributed by atoms with Gasteiger partial charge in [-0.15, -0.1) is 6.58 Å². The summed E-state index contributed by atoms with van der Waals surface area (Å²) in [7, 11) is 0. The first-order valence-electron chi connectivity index (χ1n) is 9.58. The normalized spacial score (nSPS) is 14.7. The molecule has 1 aromatic heterocycles. The molecule has 10 heteroatoms. The van der Waals surface area contributed by atoms with Crippen LogP contribution < -0.4 is 9.70 Å².